The van der Waals surface area contributed by atoms with Crippen LogP contribution in [-0.4, -0.2) is 22.7 Å². The second-order valence-electron chi connectivity index (χ2n) is 5.83. The minimum atomic E-state index is -0.796. The first-order chi connectivity index (χ1) is 10.6. The van der Waals surface area contributed by atoms with Crippen molar-refractivity contribution in [2.45, 2.75) is 39.3 Å². The molecule has 0 aromatic heterocycles. The van der Waals surface area contributed by atoms with Gasteiger partial charge in [-0.3, -0.25) is 0 Å². The number of carbonyl (C=O) groups excluding carboxylic acids is 1. The minimum absolute atomic E-state index is 0.329. The molecular weight excluding hydrogens is 302 g/mol. The fourth-order valence-electron chi connectivity index (χ4n) is 1.69. The van der Waals surface area contributed by atoms with E-state index in [1.165, 1.54) is 0 Å². The molecule has 0 saturated carbocycles. The van der Waals surface area contributed by atoms with Crippen LogP contribution >= 0.6 is 0 Å². The highest BCUT2D eigenvalue weighted by Gasteiger charge is 2.18. The number of nitrogens with zero attached hydrogens (tertiary/aromatic N) is 2. The van der Waals surface area contributed by atoms with Gasteiger partial charge in [-0.05, 0) is 45.4 Å². The Balaban J connectivity index is 2.79. The highest BCUT2D eigenvalue weighted by Crippen LogP contribution is 2.20. The number of carbonyl (C=O) groups is 1. The number of aliphatic imine (C=N–C) groups is 1. The van der Waals surface area contributed by atoms with E-state index >= 15 is 0 Å². The predicted molar refractivity (Wildman–Crippen MR) is 85.6 cm³/mol. The van der Waals surface area contributed by atoms with Crippen molar-refractivity contribution in [1.82, 2.24) is 10.7 Å². The van der Waals surface area contributed by atoms with Gasteiger partial charge in [0.1, 0.15) is 5.60 Å². The van der Waals surface area contributed by atoms with Gasteiger partial charge < -0.3 is 15.8 Å². The SMILES string of the molecule is CC(NC(=O)OC(C)(C)C)c1cccc(N=C(N)N[N+](=O)[O-])c1. The van der Waals surface area contributed by atoms with Crippen LogP contribution < -0.4 is 16.5 Å². The second-order valence-corrected chi connectivity index (χ2v) is 5.83. The van der Waals surface area contributed by atoms with Gasteiger partial charge in [-0.25, -0.2) is 19.9 Å². The summed E-state index contributed by atoms with van der Waals surface area (Å²) in [5.74, 6) is -0.333. The normalized spacial score (nSPS) is 13.1. The first-order valence-electron chi connectivity index (χ1n) is 6.91. The van der Waals surface area contributed by atoms with E-state index in [1.807, 2.05) is 0 Å². The van der Waals surface area contributed by atoms with Gasteiger partial charge in [0.05, 0.1) is 11.7 Å². The van der Waals surface area contributed by atoms with Gasteiger partial charge in [0.2, 0.25) is 0 Å². The number of hydrogen-bond acceptors (Lipinski definition) is 5. The lowest BCUT2D eigenvalue weighted by atomic mass is 10.1. The number of hydrazine groups is 1. The molecule has 9 heteroatoms. The molecule has 9 nitrogen and oxygen atoms in total. The van der Waals surface area contributed by atoms with Gasteiger partial charge >= 0.3 is 6.09 Å². The molecule has 1 atom stereocenters. The number of ether oxygens (including phenoxy) is 1. The van der Waals surface area contributed by atoms with E-state index in [4.69, 9.17) is 10.5 Å². The summed E-state index contributed by atoms with van der Waals surface area (Å²) >= 11 is 0. The molecule has 0 aliphatic carbocycles. The quantitative estimate of drug-likeness (QED) is 0.336. The fourth-order valence-corrected chi connectivity index (χ4v) is 1.69. The summed E-state index contributed by atoms with van der Waals surface area (Å²) < 4.78 is 5.19. The van der Waals surface area contributed by atoms with Crippen LogP contribution in [0, 0.1) is 10.1 Å². The van der Waals surface area contributed by atoms with E-state index in [9.17, 15) is 14.9 Å². The Morgan fingerprint density at radius 1 is 1.43 bits per heavy atom. The summed E-state index contributed by atoms with van der Waals surface area (Å²) in [4.78, 5) is 25.9. The van der Waals surface area contributed by atoms with Crippen molar-refractivity contribution in [3.05, 3.63) is 39.9 Å². The topological polar surface area (TPSA) is 132 Å². The molecule has 1 aromatic rings. The number of nitrogens with one attached hydrogen (secondary N) is 2. The molecule has 0 aliphatic rings. The number of guanidine groups is 1. The van der Waals surface area contributed by atoms with Crippen molar-refractivity contribution in [3.8, 4) is 0 Å². The molecule has 1 aromatic carbocycles. The van der Waals surface area contributed by atoms with Crippen LogP contribution in [0.1, 0.15) is 39.3 Å². The van der Waals surface area contributed by atoms with Crippen molar-refractivity contribution in [2.24, 2.45) is 10.7 Å². The first-order valence-corrected chi connectivity index (χ1v) is 6.91. The zero-order chi connectivity index (χ0) is 17.6. The Hall–Kier alpha value is -2.84. The summed E-state index contributed by atoms with van der Waals surface area (Å²) in [6, 6.07) is 6.47. The lowest BCUT2D eigenvalue weighted by molar-refractivity contribution is -0.525. The number of nitrogens with two attached hydrogens (primary N) is 1. The van der Waals surface area contributed by atoms with Gasteiger partial charge in [-0.2, -0.15) is 0 Å². The molecule has 126 valence electrons. The molecule has 4 N–H and O–H groups in total. The molecule has 1 amide bonds. The van der Waals surface area contributed by atoms with Crippen molar-refractivity contribution < 1.29 is 14.6 Å². The zero-order valence-corrected chi connectivity index (χ0v) is 13.5. The van der Waals surface area contributed by atoms with Gasteiger partial charge in [-0.1, -0.05) is 17.6 Å². The van der Waals surface area contributed by atoms with Gasteiger partial charge in [0.25, 0.3) is 5.96 Å². The van der Waals surface area contributed by atoms with Crippen LogP contribution in [-0.2, 0) is 4.74 Å². The molecule has 0 heterocycles. The number of alkyl carbamates (subject to hydrolysis) is 1. The summed E-state index contributed by atoms with van der Waals surface area (Å²) in [5.41, 5.74) is 7.74. The smallest absolute Gasteiger partial charge is 0.408 e. The number of nitro groups is 1. The van der Waals surface area contributed by atoms with E-state index in [-0.39, 0.29) is 12.0 Å². The van der Waals surface area contributed by atoms with Crippen molar-refractivity contribution in [1.29, 1.82) is 0 Å². The van der Waals surface area contributed by atoms with Gasteiger partial charge in [-0.15, -0.1) is 0 Å². The zero-order valence-electron chi connectivity index (χ0n) is 13.5. The predicted octanol–water partition coefficient (Wildman–Crippen LogP) is 2.00. The number of amides is 1. The second kappa shape index (κ2) is 7.43. The third-order valence-electron chi connectivity index (χ3n) is 2.56. The molecule has 0 bridgehead atoms. The molecule has 1 rings (SSSR count). The third-order valence-corrected chi connectivity index (χ3v) is 2.56. The average molecular weight is 323 g/mol. The largest absolute Gasteiger partial charge is 0.444 e. The average Bonchev–Trinajstić information content (AvgIpc) is 2.35. The molecular formula is C14H21N5O4. The fraction of sp³-hybridized carbons (Fsp3) is 0.429. The highest BCUT2D eigenvalue weighted by molar-refractivity contribution is 5.79. The Morgan fingerprint density at radius 2 is 2.09 bits per heavy atom. The number of hydrogen-bond donors (Lipinski definition) is 3. The molecule has 23 heavy (non-hydrogen) atoms. The molecule has 0 spiro atoms. The summed E-state index contributed by atoms with van der Waals surface area (Å²) in [6.45, 7) is 7.11. The van der Waals surface area contributed by atoms with Crippen LogP contribution in [0.3, 0.4) is 0 Å². The lowest BCUT2D eigenvalue weighted by Crippen LogP contribution is -2.35. The van der Waals surface area contributed by atoms with E-state index in [0.29, 0.717) is 5.69 Å². The van der Waals surface area contributed by atoms with E-state index in [1.54, 1.807) is 57.4 Å². The van der Waals surface area contributed by atoms with Gasteiger partial charge in [0, 0.05) is 0 Å². The molecule has 1 unspecified atom stereocenters. The van der Waals surface area contributed by atoms with Crippen molar-refractivity contribution in [3.63, 3.8) is 0 Å². The Bertz CT molecular complexity index is 609. The first kappa shape index (κ1) is 18.2. The van der Waals surface area contributed by atoms with Crippen molar-refractivity contribution in [2.75, 3.05) is 0 Å². The Kier molecular flexibility index (Phi) is 5.88. The van der Waals surface area contributed by atoms with Crippen LogP contribution in [0.4, 0.5) is 10.5 Å². The number of benzene rings is 1. The Morgan fingerprint density at radius 3 is 2.65 bits per heavy atom. The molecule has 0 radical (unpaired) electrons. The summed E-state index contributed by atoms with van der Waals surface area (Å²) in [5, 5.41) is 12.2. The van der Waals surface area contributed by atoms with E-state index in [0.717, 1.165) is 5.56 Å². The highest BCUT2D eigenvalue weighted by atomic mass is 16.7. The van der Waals surface area contributed by atoms with Crippen molar-refractivity contribution >= 4 is 17.7 Å². The maximum atomic E-state index is 11.8. The van der Waals surface area contributed by atoms with E-state index in [2.05, 4.69) is 10.3 Å². The maximum Gasteiger partial charge on any atom is 0.408 e. The maximum absolute atomic E-state index is 11.8. The van der Waals surface area contributed by atoms with E-state index < -0.39 is 16.7 Å². The minimum Gasteiger partial charge on any atom is -0.444 e. The molecule has 0 saturated heterocycles. The monoisotopic (exact) mass is 323 g/mol. The van der Waals surface area contributed by atoms with Crippen LogP contribution in [0.2, 0.25) is 0 Å². The summed E-state index contributed by atoms with van der Waals surface area (Å²) in [7, 11) is 0. The third kappa shape index (κ3) is 7.11. The Labute approximate surface area is 134 Å². The molecule has 0 fully saturated rings. The van der Waals surface area contributed by atoms with Crippen LogP contribution in [0.25, 0.3) is 0 Å². The number of rotatable bonds is 4. The summed E-state index contributed by atoms with van der Waals surface area (Å²) in [6.07, 6.45) is -0.534. The van der Waals surface area contributed by atoms with Gasteiger partial charge in [0.15, 0.2) is 5.03 Å². The molecule has 0 aliphatic heterocycles. The van der Waals surface area contributed by atoms with Crippen LogP contribution in [0.5, 0.6) is 0 Å². The lowest BCUT2D eigenvalue weighted by Gasteiger charge is -2.22. The standard InChI is InChI=1S/C14H21N5O4/c1-9(16-13(20)23-14(2,3)4)10-6-5-7-11(8-10)17-12(15)18-19(21)22/h5-9H,1-4H3,(H,16,20)(H3,15,17,18). The van der Waals surface area contributed by atoms with Crippen LogP contribution in [0.15, 0.2) is 29.3 Å².